The van der Waals surface area contributed by atoms with E-state index in [1.165, 1.54) is 13.0 Å². The fraction of sp³-hybridized carbons (Fsp3) is 0.160. The Kier molecular flexibility index (Phi) is 6.08. The highest BCUT2D eigenvalue weighted by Gasteiger charge is 2.29. The molecule has 0 spiro atoms. The highest BCUT2D eigenvalue weighted by Crippen LogP contribution is 2.44. The van der Waals surface area contributed by atoms with E-state index in [0.717, 1.165) is 34.4 Å². The molecule has 0 aliphatic heterocycles. The minimum Gasteiger partial charge on any atom is -0.478 e. The summed E-state index contributed by atoms with van der Waals surface area (Å²) in [7, 11) is 0. The van der Waals surface area contributed by atoms with Gasteiger partial charge in [-0.2, -0.15) is 0 Å². The Morgan fingerprint density at radius 3 is 2.18 bits per heavy atom. The molecule has 1 aliphatic carbocycles. The van der Waals surface area contributed by atoms with Gasteiger partial charge >= 0.3 is 12.1 Å². The number of benzene rings is 3. The molecule has 4 rings (SSSR count). The van der Waals surface area contributed by atoms with Gasteiger partial charge in [0.25, 0.3) is 0 Å². The monoisotopic (exact) mass is 448 g/mol. The van der Waals surface area contributed by atoms with Crippen LogP contribution in [-0.2, 0) is 9.53 Å². The van der Waals surface area contributed by atoms with Gasteiger partial charge in [0.2, 0.25) is 5.91 Å². The number of aromatic carboxylic acids is 1. The Bertz CT molecular complexity index is 1200. The minimum absolute atomic E-state index is 0.0967. The summed E-state index contributed by atoms with van der Waals surface area (Å²) in [5.41, 5.74) is 3.91. The SMILES string of the molecule is C[C@H](NC(=O)OCC1c2ccccc2-c2ccccc21)C(=O)Nc1ccc(C(=O)O)cc1F. The molecule has 0 unspecified atom stereocenters. The standard InChI is InChI=1S/C25H21FN2O5/c1-14(23(29)28-22-11-10-15(24(30)31)12-21(22)26)27-25(32)33-13-20-18-8-4-2-6-16(18)17-7-3-5-9-19(17)20/h2-12,14,20H,13H2,1H3,(H,27,32)(H,28,29)(H,30,31)/t14-/m0/s1. The molecule has 0 heterocycles. The summed E-state index contributed by atoms with van der Waals surface area (Å²) in [6, 6.07) is 18.0. The Hall–Kier alpha value is -4.20. The molecule has 8 heteroatoms. The number of hydrogen-bond donors (Lipinski definition) is 3. The fourth-order valence-electron chi connectivity index (χ4n) is 3.87. The van der Waals surface area contributed by atoms with Gasteiger partial charge in [-0.05, 0) is 47.4 Å². The molecule has 0 radical (unpaired) electrons. The third-order valence-corrected chi connectivity index (χ3v) is 5.55. The van der Waals surface area contributed by atoms with Crippen LogP contribution >= 0.6 is 0 Å². The summed E-state index contributed by atoms with van der Waals surface area (Å²) < 4.78 is 19.4. The van der Waals surface area contributed by atoms with E-state index in [-0.39, 0.29) is 23.8 Å². The number of carbonyl (C=O) groups excluding carboxylic acids is 2. The average Bonchev–Trinajstić information content (AvgIpc) is 3.12. The van der Waals surface area contributed by atoms with Crippen molar-refractivity contribution in [3.63, 3.8) is 0 Å². The molecule has 3 aromatic rings. The molecule has 0 saturated heterocycles. The summed E-state index contributed by atoms with van der Waals surface area (Å²) in [6.07, 6.45) is -0.777. The molecule has 7 nitrogen and oxygen atoms in total. The number of amides is 2. The number of fused-ring (bicyclic) bond motifs is 3. The Morgan fingerprint density at radius 2 is 1.61 bits per heavy atom. The van der Waals surface area contributed by atoms with Gasteiger partial charge in [0.15, 0.2) is 0 Å². The molecule has 0 fully saturated rings. The van der Waals surface area contributed by atoms with Crippen LogP contribution in [0.15, 0.2) is 66.7 Å². The molecule has 168 valence electrons. The summed E-state index contributed by atoms with van der Waals surface area (Å²) >= 11 is 0. The highest BCUT2D eigenvalue weighted by molar-refractivity contribution is 5.97. The zero-order valence-electron chi connectivity index (χ0n) is 17.7. The Balaban J connectivity index is 1.36. The number of nitrogens with one attached hydrogen (secondary N) is 2. The van der Waals surface area contributed by atoms with Crippen molar-refractivity contribution in [2.75, 3.05) is 11.9 Å². The number of halogens is 1. The number of anilines is 1. The maximum Gasteiger partial charge on any atom is 0.407 e. The van der Waals surface area contributed by atoms with Gasteiger partial charge in [0, 0.05) is 5.92 Å². The predicted octanol–water partition coefficient (Wildman–Crippen LogP) is 4.39. The number of carbonyl (C=O) groups is 3. The van der Waals surface area contributed by atoms with Crippen molar-refractivity contribution < 1.29 is 28.6 Å². The maximum atomic E-state index is 14.0. The van der Waals surface area contributed by atoms with Gasteiger partial charge in [0.05, 0.1) is 11.3 Å². The molecule has 0 bridgehead atoms. The second-order valence-corrected chi connectivity index (χ2v) is 7.68. The second-order valence-electron chi connectivity index (χ2n) is 7.68. The third-order valence-electron chi connectivity index (χ3n) is 5.55. The van der Waals surface area contributed by atoms with Crippen molar-refractivity contribution in [1.82, 2.24) is 5.32 Å². The summed E-state index contributed by atoms with van der Waals surface area (Å²) in [6.45, 7) is 1.53. The first-order chi connectivity index (χ1) is 15.8. The summed E-state index contributed by atoms with van der Waals surface area (Å²) in [5.74, 6) is -2.96. The van der Waals surface area contributed by atoms with E-state index in [2.05, 4.69) is 10.6 Å². The maximum absolute atomic E-state index is 14.0. The molecule has 0 aromatic heterocycles. The van der Waals surface area contributed by atoms with E-state index in [0.29, 0.717) is 0 Å². The van der Waals surface area contributed by atoms with Gasteiger partial charge in [-0.15, -0.1) is 0 Å². The van der Waals surface area contributed by atoms with Crippen LogP contribution in [-0.4, -0.2) is 35.7 Å². The number of alkyl carbamates (subject to hydrolysis) is 1. The van der Waals surface area contributed by atoms with E-state index in [1.807, 2.05) is 48.5 Å². The zero-order valence-corrected chi connectivity index (χ0v) is 17.7. The average molecular weight is 448 g/mol. The Morgan fingerprint density at radius 1 is 1.00 bits per heavy atom. The van der Waals surface area contributed by atoms with Crippen molar-refractivity contribution in [3.8, 4) is 11.1 Å². The smallest absolute Gasteiger partial charge is 0.407 e. The zero-order chi connectivity index (χ0) is 23.5. The highest BCUT2D eigenvalue weighted by atomic mass is 19.1. The van der Waals surface area contributed by atoms with Crippen molar-refractivity contribution in [2.45, 2.75) is 18.9 Å². The molecule has 0 saturated carbocycles. The van der Waals surface area contributed by atoms with Crippen LogP contribution in [0.5, 0.6) is 0 Å². The van der Waals surface area contributed by atoms with E-state index in [1.54, 1.807) is 0 Å². The predicted molar refractivity (Wildman–Crippen MR) is 120 cm³/mol. The molecular formula is C25H21FN2O5. The molecule has 2 amide bonds. The Labute approximate surface area is 189 Å². The fourth-order valence-corrected chi connectivity index (χ4v) is 3.87. The van der Waals surface area contributed by atoms with Crippen LogP contribution in [0, 0.1) is 5.82 Å². The number of hydrogen-bond acceptors (Lipinski definition) is 4. The number of carboxylic acid groups (broad SMARTS) is 1. The quantitative estimate of drug-likeness (QED) is 0.519. The van der Waals surface area contributed by atoms with Crippen molar-refractivity contribution in [2.24, 2.45) is 0 Å². The number of rotatable bonds is 6. The lowest BCUT2D eigenvalue weighted by Crippen LogP contribution is -2.42. The van der Waals surface area contributed by atoms with Gasteiger partial charge in [-0.1, -0.05) is 48.5 Å². The van der Waals surface area contributed by atoms with E-state index < -0.39 is 29.8 Å². The summed E-state index contributed by atoms with van der Waals surface area (Å²) in [4.78, 5) is 35.6. The second kappa shape index (κ2) is 9.12. The summed E-state index contributed by atoms with van der Waals surface area (Å²) in [5, 5.41) is 13.7. The lowest BCUT2D eigenvalue weighted by Gasteiger charge is -2.17. The minimum atomic E-state index is -1.28. The molecule has 33 heavy (non-hydrogen) atoms. The number of carboxylic acids is 1. The van der Waals surface area contributed by atoms with Crippen molar-refractivity contribution >= 4 is 23.7 Å². The molecule has 1 atom stereocenters. The van der Waals surface area contributed by atoms with E-state index in [4.69, 9.17) is 9.84 Å². The number of ether oxygens (including phenoxy) is 1. The van der Waals surface area contributed by atoms with Crippen LogP contribution in [0.2, 0.25) is 0 Å². The lowest BCUT2D eigenvalue weighted by atomic mass is 9.98. The van der Waals surface area contributed by atoms with E-state index >= 15 is 0 Å². The van der Waals surface area contributed by atoms with Crippen LogP contribution < -0.4 is 10.6 Å². The molecule has 3 aromatic carbocycles. The normalized spacial score (nSPS) is 12.9. The van der Waals surface area contributed by atoms with Crippen LogP contribution in [0.1, 0.15) is 34.3 Å². The van der Waals surface area contributed by atoms with Crippen molar-refractivity contribution in [3.05, 3.63) is 89.2 Å². The van der Waals surface area contributed by atoms with E-state index in [9.17, 15) is 18.8 Å². The largest absolute Gasteiger partial charge is 0.478 e. The van der Waals surface area contributed by atoms with Crippen LogP contribution in [0.3, 0.4) is 0 Å². The lowest BCUT2D eigenvalue weighted by molar-refractivity contribution is -0.117. The van der Waals surface area contributed by atoms with Gasteiger partial charge < -0.3 is 20.5 Å². The first kappa shape index (κ1) is 22.0. The van der Waals surface area contributed by atoms with Crippen LogP contribution in [0.4, 0.5) is 14.9 Å². The van der Waals surface area contributed by atoms with Gasteiger partial charge in [-0.25, -0.2) is 14.0 Å². The van der Waals surface area contributed by atoms with Crippen molar-refractivity contribution in [1.29, 1.82) is 0 Å². The first-order valence-corrected chi connectivity index (χ1v) is 10.3. The van der Waals surface area contributed by atoms with Crippen LogP contribution in [0.25, 0.3) is 11.1 Å². The topological polar surface area (TPSA) is 105 Å². The van der Waals surface area contributed by atoms with Gasteiger partial charge in [0.1, 0.15) is 18.5 Å². The molecule has 1 aliphatic rings. The third kappa shape index (κ3) is 4.55. The first-order valence-electron chi connectivity index (χ1n) is 10.3. The molecular weight excluding hydrogens is 427 g/mol. The molecule has 3 N–H and O–H groups in total. The van der Waals surface area contributed by atoms with Gasteiger partial charge in [-0.3, -0.25) is 4.79 Å².